The number of anilines is 1. The molecule has 3 rings (SSSR count). The van der Waals surface area contributed by atoms with Crippen LogP contribution >= 0.6 is 0 Å². The number of aryl methyl sites for hydroxylation is 1. The van der Waals surface area contributed by atoms with Crippen molar-refractivity contribution in [3.05, 3.63) is 64.0 Å². The summed E-state index contributed by atoms with van der Waals surface area (Å²) in [5.74, 6) is 0.148. The van der Waals surface area contributed by atoms with E-state index < -0.39 is 4.92 Å². The number of piperidine rings is 1. The van der Waals surface area contributed by atoms with Crippen molar-refractivity contribution in [2.24, 2.45) is 5.92 Å². The number of nitrogens with one attached hydrogen (secondary N) is 1. The number of rotatable bonds is 5. The van der Waals surface area contributed by atoms with Crippen LogP contribution in [0.3, 0.4) is 0 Å². The van der Waals surface area contributed by atoms with Gasteiger partial charge in [0.25, 0.3) is 11.6 Å². The summed E-state index contributed by atoms with van der Waals surface area (Å²) in [7, 11) is 0. The van der Waals surface area contributed by atoms with E-state index in [1.807, 2.05) is 12.3 Å². The highest BCUT2D eigenvalue weighted by atomic mass is 16.6. The Hall–Kier alpha value is -2.96. The molecule has 0 unspecified atom stereocenters. The number of carbonyl (C=O) groups excluding carboxylic acids is 1. The summed E-state index contributed by atoms with van der Waals surface area (Å²) in [6.45, 7) is 4.11. The summed E-state index contributed by atoms with van der Waals surface area (Å²) in [6.07, 6.45) is 5.61. The maximum atomic E-state index is 12.3. The zero-order valence-corrected chi connectivity index (χ0v) is 14.7. The highest BCUT2D eigenvalue weighted by Gasteiger charge is 2.21. The zero-order chi connectivity index (χ0) is 18.5. The van der Waals surface area contributed by atoms with Crippen LogP contribution in [0, 0.1) is 23.0 Å². The number of hydrogen-bond acceptors (Lipinski definition) is 5. The third-order valence-corrected chi connectivity index (χ3v) is 4.84. The van der Waals surface area contributed by atoms with E-state index in [0.717, 1.165) is 31.6 Å². The molecule has 136 valence electrons. The topological polar surface area (TPSA) is 88.4 Å². The molecule has 0 saturated carbocycles. The van der Waals surface area contributed by atoms with E-state index in [4.69, 9.17) is 0 Å². The molecule has 1 saturated heterocycles. The molecule has 0 spiro atoms. The number of nitrogens with zero attached hydrogens (tertiary/aromatic N) is 3. The Morgan fingerprint density at radius 2 is 2.12 bits per heavy atom. The summed E-state index contributed by atoms with van der Waals surface area (Å²) < 4.78 is 0. The Labute approximate surface area is 152 Å². The highest BCUT2D eigenvalue weighted by Crippen LogP contribution is 2.22. The van der Waals surface area contributed by atoms with Crippen molar-refractivity contribution in [1.29, 1.82) is 0 Å². The standard InChI is InChI=1S/C19H22N4O3/c1-14-4-5-16(11-18(14)23(25)26)19(24)21-12-15-6-9-22(10-7-15)17-3-2-8-20-13-17/h2-5,8,11,13,15H,6-7,9-10,12H2,1H3,(H,21,24). The lowest BCUT2D eigenvalue weighted by Crippen LogP contribution is -2.38. The van der Waals surface area contributed by atoms with E-state index in [2.05, 4.69) is 21.3 Å². The van der Waals surface area contributed by atoms with Crippen molar-refractivity contribution in [2.45, 2.75) is 19.8 Å². The minimum Gasteiger partial charge on any atom is -0.370 e. The molecule has 0 radical (unpaired) electrons. The molecule has 2 aromatic rings. The number of nitro benzene ring substituents is 1. The predicted molar refractivity (Wildman–Crippen MR) is 99.3 cm³/mol. The molecule has 1 aliphatic rings. The molecule has 7 heteroatoms. The zero-order valence-electron chi connectivity index (χ0n) is 14.7. The van der Waals surface area contributed by atoms with Crippen molar-refractivity contribution in [2.75, 3.05) is 24.5 Å². The molecule has 1 N–H and O–H groups in total. The van der Waals surface area contributed by atoms with Crippen molar-refractivity contribution in [3.63, 3.8) is 0 Å². The molecule has 1 aromatic heterocycles. The monoisotopic (exact) mass is 354 g/mol. The fourth-order valence-electron chi connectivity index (χ4n) is 3.22. The van der Waals surface area contributed by atoms with Crippen LogP contribution < -0.4 is 10.2 Å². The Bertz CT molecular complexity index is 787. The quantitative estimate of drug-likeness (QED) is 0.659. The van der Waals surface area contributed by atoms with Gasteiger partial charge in [-0.1, -0.05) is 6.07 Å². The van der Waals surface area contributed by atoms with E-state index in [1.165, 1.54) is 6.07 Å². The lowest BCUT2D eigenvalue weighted by atomic mass is 9.96. The van der Waals surface area contributed by atoms with Gasteiger partial charge in [0.2, 0.25) is 0 Å². The Morgan fingerprint density at radius 3 is 2.77 bits per heavy atom. The normalized spacial score (nSPS) is 14.9. The maximum Gasteiger partial charge on any atom is 0.273 e. The first-order valence-corrected chi connectivity index (χ1v) is 8.73. The van der Waals surface area contributed by atoms with Crippen LogP contribution in [0.1, 0.15) is 28.8 Å². The van der Waals surface area contributed by atoms with Crippen LogP contribution in [0.25, 0.3) is 0 Å². The molecular weight excluding hydrogens is 332 g/mol. The molecule has 26 heavy (non-hydrogen) atoms. The fourth-order valence-corrected chi connectivity index (χ4v) is 3.22. The highest BCUT2D eigenvalue weighted by molar-refractivity contribution is 5.95. The van der Waals surface area contributed by atoms with Gasteiger partial charge in [-0.05, 0) is 43.9 Å². The third kappa shape index (κ3) is 4.17. The number of benzene rings is 1. The van der Waals surface area contributed by atoms with Crippen molar-refractivity contribution < 1.29 is 9.72 Å². The molecule has 1 amide bonds. The van der Waals surface area contributed by atoms with Crippen LogP contribution in [0.2, 0.25) is 0 Å². The van der Waals surface area contributed by atoms with Gasteiger partial charge in [-0.3, -0.25) is 19.9 Å². The van der Waals surface area contributed by atoms with Gasteiger partial charge in [0.1, 0.15) is 0 Å². The average Bonchev–Trinajstić information content (AvgIpc) is 2.67. The summed E-state index contributed by atoms with van der Waals surface area (Å²) in [4.78, 5) is 29.3. The van der Waals surface area contributed by atoms with E-state index in [1.54, 1.807) is 25.3 Å². The Morgan fingerprint density at radius 1 is 1.35 bits per heavy atom. The fraction of sp³-hybridized carbons (Fsp3) is 0.368. The van der Waals surface area contributed by atoms with Crippen LogP contribution in [0.4, 0.5) is 11.4 Å². The van der Waals surface area contributed by atoms with Gasteiger partial charge >= 0.3 is 0 Å². The molecule has 0 aliphatic carbocycles. The number of carbonyl (C=O) groups is 1. The van der Waals surface area contributed by atoms with Crippen LogP contribution in [0.5, 0.6) is 0 Å². The lowest BCUT2D eigenvalue weighted by molar-refractivity contribution is -0.385. The molecule has 1 aliphatic heterocycles. The molecule has 1 fully saturated rings. The van der Waals surface area contributed by atoms with E-state index in [-0.39, 0.29) is 11.6 Å². The minimum atomic E-state index is -0.458. The number of hydrogen-bond donors (Lipinski definition) is 1. The minimum absolute atomic E-state index is 0.0255. The van der Waals surface area contributed by atoms with Crippen LogP contribution in [-0.4, -0.2) is 35.4 Å². The lowest BCUT2D eigenvalue weighted by Gasteiger charge is -2.33. The first-order valence-electron chi connectivity index (χ1n) is 8.73. The largest absolute Gasteiger partial charge is 0.370 e. The molecule has 7 nitrogen and oxygen atoms in total. The third-order valence-electron chi connectivity index (χ3n) is 4.84. The maximum absolute atomic E-state index is 12.3. The predicted octanol–water partition coefficient (Wildman–Crippen LogP) is 2.94. The second kappa shape index (κ2) is 7.95. The molecule has 0 bridgehead atoms. The summed E-state index contributed by atoms with van der Waals surface area (Å²) in [5.41, 5.74) is 1.98. The van der Waals surface area contributed by atoms with E-state index in [9.17, 15) is 14.9 Å². The molecule has 0 atom stereocenters. The van der Waals surface area contributed by atoms with Crippen LogP contribution in [-0.2, 0) is 0 Å². The van der Waals surface area contributed by atoms with Gasteiger partial charge in [-0.25, -0.2) is 0 Å². The number of amides is 1. The summed E-state index contributed by atoms with van der Waals surface area (Å²) >= 11 is 0. The van der Waals surface area contributed by atoms with Gasteiger partial charge in [0, 0.05) is 43.0 Å². The molecule has 1 aromatic carbocycles. The first kappa shape index (κ1) is 17.8. The Balaban J connectivity index is 1.51. The second-order valence-electron chi connectivity index (χ2n) is 6.61. The summed E-state index contributed by atoms with van der Waals surface area (Å²) in [5, 5.41) is 13.9. The average molecular weight is 354 g/mol. The number of pyridine rings is 1. The number of aromatic nitrogens is 1. The summed E-state index contributed by atoms with van der Waals surface area (Å²) in [6, 6.07) is 8.57. The molecule has 2 heterocycles. The van der Waals surface area contributed by atoms with E-state index >= 15 is 0 Å². The Kier molecular flexibility index (Phi) is 5.46. The first-order chi connectivity index (χ1) is 12.5. The van der Waals surface area contributed by atoms with Gasteiger partial charge in [0.05, 0.1) is 16.8 Å². The van der Waals surface area contributed by atoms with Crippen molar-refractivity contribution in [1.82, 2.24) is 10.3 Å². The van der Waals surface area contributed by atoms with E-state index in [0.29, 0.717) is 23.6 Å². The van der Waals surface area contributed by atoms with Crippen molar-refractivity contribution in [3.8, 4) is 0 Å². The van der Waals surface area contributed by atoms with Gasteiger partial charge < -0.3 is 10.2 Å². The second-order valence-corrected chi connectivity index (χ2v) is 6.61. The van der Waals surface area contributed by atoms with Gasteiger partial charge in [0.15, 0.2) is 0 Å². The van der Waals surface area contributed by atoms with Gasteiger partial charge in [-0.2, -0.15) is 0 Å². The van der Waals surface area contributed by atoms with Crippen molar-refractivity contribution >= 4 is 17.3 Å². The van der Waals surface area contributed by atoms with Crippen LogP contribution in [0.15, 0.2) is 42.7 Å². The SMILES string of the molecule is Cc1ccc(C(=O)NCC2CCN(c3cccnc3)CC2)cc1[N+](=O)[O-]. The number of nitro groups is 1. The molecular formula is C19H22N4O3. The van der Waals surface area contributed by atoms with Gasteiger partial charge in [-0.15, -0.1) is 0 Å². The smallest absolute Gasteiger partial charge is 0.273 e.